The molecular formula is C17H25NO3. The highest BCUT2D eigenvalue weighted by molar-refractivity contribution is 5.92. The van der Waals surface area contributed by atoms with Crippen molar-refractivity contribution in [2.75, 3.05) is 5.32 Å². The minimum Gasteiger partial charge on any atom is -0.481 e. The van der Waals surface area contributed by atoms with Crippen molar-refractivity contribution in [2.24, 2.45) is 11.8 Å². The van der Waals surface area contributed by atoms with E-state index in [4.69, 9.17) is 5.11 Å². The Hall–Kier alpha value is -1.84. The SMILES string of the molecule is CCC(CC)C(C)C(=O)Nc1cccc(C(C)C(=O)O)c1. The third kappa shape index (κ3) is 4.59. The van der Waals surface area contributed by atoms with Gasteiger partial charge in [-0.25, -0.2) is 0 Å². The van der Waals surface area contributed by atoms with Crippen molar-refractivity contribution >= 4 is 17.6 Å². The van der Waals surface area contributed by atoms with Crippen molar-refractivity contribution < 1.29 is 14.7 Å². The Morgan fingerprint density at radius 2 is 1.81 bits per heavy atom. The molecule has 2 N–H and O–H groups in total. The summed E-state index contributed by atoms with van der Waals surface area (Å²) in [5, 5.41) is 11.9. The molecule has 0 aliphatic rings. The van der Waals surface area contributed by atoms with E-state index < -0.39 is 11.9 Å². The molecule has 0 fully saturated rings. The number of anilines is 1. The molecule has 1 aromatic rings. The van der Waals surface area contributed by atoms with Crippen LogP contribution in [0.2, 0.25) is 0 Å². The summed E-state index contributed by atoms with van der Waals surface area (Å²) in [6.45, 7) is 7.76. The molecule has 1 amide bonds. The van der Waals surface area contributed by atoms with E-state index in [1.807, 2.05) is 6.92 Å². The second-order valence-corrected chi connectivity index (χ2v) is 5.54. The van der Waals surface area contributed by atoms with Gasteiger partial charge >= 0.3 is 5.97 Å². The predicted molar refractivity (Wildman–Crippen MR) is 84.4 cm³/mol. The summed E-state index contributed by atoms with van der Waals surface area (Å²) in [4.78, 5) is 23.3. The first-order chi connectivity index (χ1) is 9.90. The summed E-state index contributed by atoms with van der Waals surface area (Å²) in [6, 6.07) is 7.05. The lowest BCUT2D eigenvalue weighted by Crippen LogP contribution is -2.26. The molecule has 0 spiro atoms. The molecule has 0 radical (unpaired) electrons. The van der Waals surface area contributed by atoms with Crippen LogP contribution < -0.4 is 5.32 Å². The molecule has 2 unspecified atom stereocenters. The van der Waals surface area contributed by atoms with Gasteiger partial charge in [-0.15, -0.1) is 0 Å². The molecule has 116 valence electrons. The highest BCUT2D eigenvalue weighted by atomic mass is 16.4. The van der Waals surface area contributed by atoms with E-state index in [0.717, 1.165) is 12.8 Å². The highest BCUT2D eigenvalue weighted by Crippen LogP contribution is 2.23. The lowest BCUT2D eigenvalue weighted by atomic mass is 9.88. The van der Waals surface area contributed by atoms with Crippen LogP contribution in [0.1, 0.15) is 52.0 Å². The van der Waals surface area contributed by atoms with Crippen molar-refractivity contribution in [3.8, 4) is 0 Å². The average molecular weight is 291 g/mol. The summed E-state index contributed by atoms with van der Waals surface area (Å²) in [6.07, 6.45) is 1.95. The average Bonchev–Trinajstić information content (AvgIpc) is 2.47. The van der Waals surface area contributed by atoms with Gasteiger partial charge in [0, 0.05) is 11.6 Å². The van der Waals surface area contributed by atoms with Gasteiger partial charge in [-0.05, 0) is 30.5 Å². The number of aliphatic carboxylic acids is 1. The molecule has 0 bridgehead atoms. The summed E-state index contributed by atoms with van der Waals surface area (Å²) in [5.41, 5.74) is 1.35. The van der Waals surface area contributed by atoms with Crippen molar-refractivity contribution in [2.45, 2.75) is 46.5 Å². The van der Waals surface area contributed by atoms with Crippen LogP contribution in [0.5, 0.6) is 0 Å². The fourth-order valence-corrected chi connectivity index (χ4v) is 2.49. The number of amides is 1. The Kier molecular flexibility index (Phi) is 6.40. The summed E-state index contributed by atoms with van der Waals surface area (Å²) < 4.78 is 0. The topological polar surface area (TPSA) is 66.4 Å². The van der Waals surface area contributed by atoms with Gasteiger partial charge in [0.15, 0.2) is 0 Å². The first kappa shape index (κ1) is 17.2. The minimum absolute atomic E-state index is 0.0103. The fourth-order valence-electron chi connectivity index (χ4n) is 2.49. The molecule has 0 heterocycles. The van der Waals surface area contributed by atoms with Gasteiger partial charge in [-0.1, -0.05) is 45.7 Å². The highest BCUT2D eigenvalue weighted by Gasteiger charge is 2.21. The largest absolute Gasteiger partial charge is 0.481 e. The van der Waals surface area contributed by atoms with E-state index >= 15 is 0 Å². The first-order valence-electron chi connectivity index (χ1n) is 7.54. The van der Waals surface area contributed by atoms with Crippen LogP contribution in [-0.2, 0) is 9.59 Å². The van der Waals surface area contributed by atoms with Crippen LogP contribution in [0.15, 0.2) is 24.3 Å². The van der Waals surface area contributed by atoms with Gasteiger partial charge in [0.25, 0.3) is 0 Å². The summed E-state index contributed by atoms with van der Waals surface area (Å²) in [5.74, 6) is -1.15. The molecule has 0 aromatic heterocycles. The molecule has 0 aliphatic carbocycles. The standard InChI is InChI=1S/C17H25NO3/c1-5-13(6-2)11(3)16(19)18-15-9-7-8-14(10-15)12(4)17(20)21/h7-13H,5-6H2,1-4H3,(H,18,19)(H,20,21). The number of hydrogen-bond acceptors (Lipinski definition) is 2. The van der Waals surface area contributed by atoms with E-state index in [0.29, 0.717) is 17.2 Å². The Morgan fingerprint density at radius 3 is 2.33 bits per heavy atom. The smallest absolute Gasteiger partial charge is 0.310 e. The Labute approximate surface area is 126 Å². The Bertz CT molecular complexity index is 495. The number of rotatable bonds is 7. The maximum Gasteiger partial charge on any atom is 0.310 e. The number of carboxylic acids is 1. The monoisotopic (exact) mass is 291 g/mol. The lowest BCUT2D eigenvalue weighted by Gasteiger charge is -2.20. The number of nitrogens with one attached hydrogen (secondary N) is 1. The maximum atomic E-state index is 12.3. The maximum absolute atomic E-state index is 12.3. The zero-order valence-corrected chi connectivity index (χ0v) is 13.2. The van der Waals surface area contributed by atoms with Crippen molar-refractivity contribution in [1.82, 2.24) is 0 Å². The molecule has 0 saturated carbocycles. The van der Waals surface area contributed by atoms with Crippen molar-refractivity contribution in [3.05, 3.63) is 29.8 Å². The van der Waals surface area contributed by atoms with Crippen LogP contribution in [0.25, 0.3) is 0 Å². The number of carbonyl (C=O) groups is 2. The van der Waals surface area contributed by atoms with Crippen molar-refractivity contribution in [1.29, 1.82) is 0 Å². The van der Waals surface area contributed by atoms with Gasteiger partial charge in [0.2, 0.25) is 5.91 Å². The lowest BCUT2D eigenvalue weighted by molar-refractivity contribution is -0.138. The second kappa shape index (κ2) is 7.81. The number of carboxylic acid groups (broad SMARTS) is 1. The van der Waals surface area contributed by atoms with Gasteiger partial charge in [-0.2, -0.15) is 0 Å². The molecule has 4 nitrogen and oxygen atoms in total. The molecule has 21 heavy (non-hydrogen) atoms. The number of hydrogen-bond donors (Lipinski definition) is 2. The van der Waals surface area contributed by atoms with Crippen LogP contribution in [0, 0.1) is 11.8 Å². The predicted octanol–water partition coefficient (Wildman–Crippen LogP) is 3.89. The van der Waals surface area contributed by atoms with Crippen LogP contribution in [0.4, 0.5) is 5.69 Å². The van der Waals surface area contributed by atoms with Gasteiger partial charge in [0.05, 0.1) is 5.92 Å². The molecule has 1 aromatic carbocycles. The summed E-state index contributed by atoms with van der Waals surface area (Å²) in [7, 11) is 0. The second-order valence-electron chi connectivity index (χ2n) is 5.54. The fraction of sp³-hybridized carbons (Fsp3) is 0.529. The van der Waals surface area contributed by atoms with Crippen molar-refractivity contribution in [3.63, 3.8) is 0 Å². The van der Waals surface area contributed by atoms with Crippen LogP contribution in [-0.4, -0.2) is 17.0 Å². The number of benzene rings is 1. The summed E-state index contributed by atoms with van der Waals surface area (Å²) >= 11 is 0. The van der Waals surface area contributed by atoms with E-state index in [9.17, 15) is 9.59 Å². The number of carbonyl (C=O) groups excluding carboxylic acids is 1. The first-order valence-corrected chi connectivity index (χ1v) is 7.54. The third-order valence-electron chi connectivity index (χ3n) is 4.19. The van der Waals surface area contributed by atoms with E-state index in [-0.39, 0.29) is 11.8 Å². The molecule has 0 saturated heterocycles. The Morgan fingerprint density at radius 1 is 1.19 bits per heavy atom. The zero-order valence-electron chi connectivity index (χ0n) is 13.2. The molecule has 4 heteroatoms. The Balaban J connectivity index is 2.81. The van der Waals surface area contributed by atoms with Gasteiger partial charge in [-0.3, -0.25) is 9.59 Å². The zero-order chi connectivity index (χ0) is 16.0. The quantitative estimate of drug-likeness (QED) is 0.801. The minimum atomic E-state index is -0.871. The van der Waals surface area contributed by atoms with Gasteiger partial charge in [0.1, 0.15) is 0 Å². The van der Waals surface area contributed by atoms with E-state index in [1.165, 1.54) is 0 Å². The van der Waals surface area contributed by atoms with Crippen LogP contribution >= 0.6 is 0 Å². The van der Waals surface area contributed by atoms with E-state index in [1.54, 1.807) is 31.2 Å². The molecule has 1 rings (SSSR count). The third-order valence-corrected chi connectivity index (χ3v) is 4.19. The molecular weight excluding hydrogens is 266 g/mol. The normalized spacial score (nSPS) is 13.8. The van der Waals surface area contributed by atoms with Crippen LogP contribution in [0.3, 0.4) is 0 Å². The molecule has 2 atom stereocenters. The molecule has 0 aliphatic heterocycles. The van der Waals surface area contributed by atoms with Gasteiger partial charge < -0.3 is 10.4 Å². The van der Waals surface area contributed by atoms with E-state index in [2.05, 4.69) is 19.2 Å².